The molecule has 0 aromatic rings. The number of esters is 3. The first-order valence-corrected chi connectivity index (χ1v) is 32.6. The molecule has 0 aliphatic heterocycles. The topological polar surface area (TPSA) is 78.9 Å². The van der Waals surface area contributed by atoms with Crippen molar-refractivity contribution in [1.29, 1.82) is 0 Å². The van der Waals surface area contributed by atoms with E-state index in [-0.39, 0.29) is 31.1 Å². The third kappa shape index (κ3) is 65.5. The molecule has 0 aliphatic rings. The van der Waals surface area contributed by atoms with Crippen molar-refractivity contribution in [2.24, 2.45) is 0 Å². The normalized spacial score (nSPS) is 13.3. The lowest BCUT2D eigenvalue weighted by Crippen LogP contribution is -2.30. The fourth-order valence-corrected chi connectivity index (χ4v) is 8.43. The zero-order valence-corrected chi connectivity index (χ0v) is 52.0. The molecule has 1 atom stereocenters. The van der Waals surface area contributed by atoms with Gasteiger partial charge in [0.05, 0.1) is 0 Å². The maximum Gasteiger partial charge on any atom is 0.306 e. The second-order valence-corrected chi connectivity index (χ2v) is 20.9. The second kappa shape index (κ2) is 67.3. The molecule has 0 N–H and O–H groups in total. The standard InChI is InChI=1S/C75H118O6/c1-4-7-10-13-16-19-22-25-28-31-33-35-37-39-41-44-47-50-53-56-59-62-65-68-74(77)80-71-72(70-79-73(76)67-64-61-58-55-52-49-46-43-30-27-24-21-18-15-12-9-6-3)81-75(78)69-66-63-60-57-54-51-48-45-42-40-38-36-34-32-29-26-23-20-17-14-11-8-5-2/h7-12,16-21,25-30,33-36,39,41,46-47,49-50,72H,4-6,13-15,22-24,31-32,37-38,40,42-45,48,51-71H2,1-3H3/b10-7-,11-8-,12-9-,19-16-,20-17-,21-18-,28-25-,29-26-,30-27-,35-33-,36-34-,41-39-,49-46-,50-47-. The van der Waals surface area contributed by atoms with Crippen LogP contribution >= 0.6 is 0 Å². The Bertz CT molecular complexity index is 1860. The van der Waals surface area contributed by atoms with Crippen molar-refractivity contribution in [1.82, 2.24) is 0 Å². The Hall–Kier alpha value is -5.23. The van der Waals surface area contributed by atoms with Gasteiger partial charge in [-0.15, -0.1) is 0 Å². The van der Waals surface area contributed by atoms with Gasteiger partial charge in [0.2, 0.25) is 0 Å². The highest BCUT2D eigenvalue weighted by Crippen LogP contribution is 2.15. The van der Waals surface area contributed by atoms with E-state index < -0.39 is 6.10 Å². The molecule has 0 rings (SSSR count). The third-order valence-corrected chi connectivity index (χ3v) is 13.2. The molecule has 1 unspecified atom stereocenters. The summed E-state index contributed by atoms with van der Waals surface area (Å²) in [6.45, 7) is 6.25. The van der Waals surface area contributed by atoms with Crippen LogP contribution in [0.2, 0.25) is 0 Å². The highest BCUT2D eigenvalue weighted by molar-refractivity contribution is 5.71. The highest BCUT2D eigenvalue weighted by Gasteiger charge is 2.19. The van der Waals surface area contributed by atoms with Gasteiger partial charge in [-0.2, -0.15) is 0 Å². The van der Waals surface area contributed by atoms with E-state index in [2.05, 4.69) is 191 Å². The van der Waals surface area contributed by atoms with E-state index in [1.807, 2.05) is 0 Å². The molecule has 6 heteroatoms. The zero-order valence-electron chi connectivity index (χ0n) is 52.0. The Balaban J connectivity index is 4.51. The second-order valence-electron chi connectivity index (χ2n) is 20.9. The quantitative estimate of drug-likeness (QED) is 0.0261. The van der Waals surface area contributed by atoms with Gasteiger partial charge in [-0.3, -0.25) is 14.4 Å². The summed E-state index contributed by atoms with van der Waals surface area (Å²) in [6.07, 6.45) is 99.2. The maximum absolute atomic E-state index is 12.9. The molecule has 0 bridgehead atoms. The van der Waals surface area contributed by atoms with Crippen molar-refractivity contribution in [3.8, 4) is 0 Å². The van der Waals surface area contributed by atoms with Gasteiger partial charge in [0.25, 0.3) is 0 Å². The SMILES string of the molecule is CC/C=C\C/C=C\C/C=C\C/C=C\C/C=C\C/C=C\CCCCCCC(=O)OCC(COC(=O)CCCCCC/C=C\C/C=C\C/C=C\C/C=C\CC)OC(=O)CCCCCCCCCCCC/C=C\C/C=C\C/C=C\C/C=C\CC. The summed E-state index contributed by atoms with van der Waals surface area (Å²) in [4.78, 5) is 38.4. The first-order valence-electron chi connectivity index (χ1n) is 32.6. The molecule has 0 aromatic carbocycles. The number of rotatable bonds is 57. The molecule has 0 fully saturated rings. The van der Waals surface area contributed by atoms with Crippen molar-refractivity contribution < 1.29 is 28.6 Å². The molecule has 0 saturated carbocycles. The number of hydrogen-bond acceptors (Lipinski definition) is 6. The van der Waals surface area contributed by atoms with Crippen LogP contribution in [-0.4, -0.2) is 37.2 Å². The summed E-state index contributed by atoms with van der Waals surface area (Å²) in [5.74, 6) is -0.962. The molecule has 81 heavy (non-hydrogen) atoms. The molecule has 0 radical (unpaired) electrons. The van der Waals surface area contributed by atoms with Gasteiger partial charge >= 0.3 is 17.9 Å². The molecule has 0 amide bonds. The van der Waals surface area contributed by atoms with Crippen molar-refractivity contribution in [3.05, 3.63) is 170 Å². The minimum atomic E-state index is -0.813. The first-order chi connectivity index (χ1) is 40.0. The Morgan fingerprint density at radius 2 is 0.444 bits per heavy atom. The Kier molecular flexibility index (Phi) is 62.9. The van der Waals surface area contributed by atoms with Crippen LogP contribution in [0.5, 0.6) is 0 Å². The van der Waals surface area contributed by atoms with E-state index in [9.17, 15) is 14.4 Å². The van der Waals surface area contributed by atoms with Crippen LogP contribution in [0, 0.1) is 0 Å². The molecule has 0 heterocycles. The summed E-state index contributed by atoms with van der Waals surface area (Å²) < 4.78 is 16.9. The number of hydrogen-bond donors (Lipinski definition) is 0. The predicted octanol–water partition coefficient (Wildman–Crippen LogP) is 22.7. The average Bonchev–Trinajstić information content (AvgIpc) is 3.47. The molecule has 0 spiro atoms. The van der Waals surface area contributed by atoms with E-state index in [0.717, 1.165) is 173 Å². The van der Waals surface area contributed by atoms with E-state index in [0.29, 0.717) is 19.3 Å². The fourth-order valence-electron chi connectivity index (χ4n) is 8.43. The van der Waals surface area contributed by atoms with Crippen LogP contribution in [0.3, 0.4) is 0 Å². The van der Waals surface area contributed by atoms with Crippen molar-refractivity contribution in [3.63, 3.8) is 0 Å². The summed E-state index contributed by atoms with van der Waals surface area (Å²) in [5.41, 5.74) is 0. The predicted molar refractivity (Wildman–Crippen MR) is 352 cm³/mol. The van der Waals surface area contributed by atoms with Crippen LogP contribution in [0.15, 0.2) is 170 Å². The number of carbonyl (C=O) groups excluding carboxylic acids is 3. The Morgan fingerprint density at radius 1 is 0.247 bits per heavy atom. The smallest absolute Gasteiger partial charge is 0.306 e. The molecule has 0 aromatic heterocycles. The lowest BCUT2D eigenvalue weighted by Gasteiger charge is -2.18. The van der Waals surface area contributed by atoms with E-state index in [1.165, 1.54) is 51.4 Å². The summed E-state index contributed by atoms with van der Waals surface area (Å²) >= 11 is 0. The number of carbonyl (C=O) groups is 3. The fraction of sp³-hybridized carbons (Fsp3) is 0.587. The van der Waals surface area contributed by atoms with E-state index in [1.54, 1.807) is 0 Å². The van der Waals surface area contributed by atoms with Gasteiger partial charge in [0.15, 0.2) is 6.10 Å². The Morgan fingerprint density at radius 3 is 0.691 bits per heavy atom. The summed E-state index contributed by atoms with van der Waals surface area (Å²) in [7, 11) is 0. The van der Waals surface area contributed by atoms with Crippen molar-refractivity contribution >= 4 is 17.9 Å². The van der Waals surface area contributed by atoms with Gasteiger partial charge in [-0.1, -0.05) is 268 Å². The zero-order chi connectivity index (χ0) is 58.5. The molecular formula is C75H118O6. The van der Waals surface area contributed by atoms with Gasteiger partial charge in [-0.25, -0.2) is 0 Å². The average molecular weight is 1120 g/mol. The van der Waals surface area contributed by atoms with Gasteiger partial charge in [0, 0.05) is 19.3 Å². The number of ether oxygens (including phenoxy) is 3. The first kappa shape index (κ1) is 75.8. The summed E-state index contributed by atoms with van der Waals surface area (Å²) in [5, 5.41) is 0. The van der Waals surface area contributed by atoms with Crippen molar-refractivity contribution in [2.45, 2.75) is 271 Å². The van der Waals surface area contributed by atoms with Crippen LogP contribution in [0.4, 0.5) is 0 Å². The van der Waals surface area contributed by atoms with Gasteiger partial charge < -0.3 is 14.2 Å². The van der Waals surface area contributed by atoms with E-state index >= 15 is 0 Å². The monoisotopic (exact) mass is 1110 g/mol. The molecule has 0 saturated heterocycles. The Labute approximate surface area is 498 Å². The summed E-state index contributed by atoms with van der Waals surface area (Å²) in [6, 6.07) is 0. The minimum absolute atomic E-state index is 0.108. The molecule has 0 aliphatic carbocycles. The molecular weight excluding hydrogens is 997 g/mol. The highest BCUT2D eigenvalue weighted by atomic mass is 16.6. The molecule has 6 nitrogen and oxygen atoms in total. The largest absolute Gasteiger partial charge is 0.462 e. The van der Waals surface area contributed by atoms with Crippen LogP contribution in [0.25, 0.3) is 0 Å². The molecule has 454 valence electrons. The van der Waals surface area contributed by atoms with Crippen LogP contribution in [0.1, 0.15) is 265 Å². The van der Waals surface area contributed by atoms with E-state index in [4.69, 9.17) is 14.2 Å². The van der Waals surface area contributed by atoms with Gasteiger partial charge in [0.1, 0.15) is 13.2 Å². The lowest BCUT2D eigenvalue weighted by atomic mass is 10.0. The van der Waals surface area contributed by atoms with Gasteiger partial charge in [-0.05, 0) is 148 Å². The maximum atomic E-state index is 12.9. The van der Waals surface area contributed by atoms with Crippen molar-refractivity contribution in [2.75, 3.05) is 13.2 Å². The minimum Gasteiger partial charge on any atom is -0.462 e. The van der Waals surface area contributed by atoms with Crippen LogP contribution in [-0.2, 0) is 28.6 Å². The lowest BCUT2D eigenvalue weighted by molar-refractivity contribution is -0.167. The number of allylic oxidation sites excluding steroid dienone is 28. The number of unbranched alkanes of at least 4 members (excludes halogenated alkanes) is 18. The third-order valence-electron chi connectivity index (χ3n) is 13.2. The van der Waals surface area contributed by atoms with Crippen LogP contribution < -0.4 is 0 Å².